The number of esters is 2. The number of carbonyl (C=O) groups is 3. The van der Waals surface area contributed by atoms with Crippen LogP contribution in [0.3, 0.4) is 0 Å². The van der Waals surface area contributed by atoms with Gasteiger partial charge in [0, 0.05) is 13.8 Å². The van der Waals surface area contributed by atoms with Gasteiger partial charge < -0.3 is 14.2 Å². The molecule has 2 aliphatic rings. The Morgan fingerprint density at radius 2 is 2.00 bits per heavy atom. The summed E-state index contributed by atoms with van der Waals surface area (Å²) in [6.45, 7) is 10.9. The molecule has 0 amide bonds. The van der Waals surface area contributed by atoms with E-state index in [9.17, 15) is 14.4 Å². The van der Waals surface area contributed by atoms with E-state index in [-0.39, 0.29) is 24.4 Å². The van der Waals surface area contributed by atoms with Crippen LogP contribution in [0.15, 0.2) is 36.1 Å². The summed E-state index contributed by atoms with van der Waals surface area (Å²) < 4.78 is 15.9. The lowest BCUT2D eigenvalue weighted by Crippen LogP contribution is -2.35. The molecule has 0 aromatic carbocycles. The van der Waals surface area contributed by atoms with Crippen molar-refractivity contribution in [3.63, 3.8) is 0 Å². The molecule has 0 fully saturated rings. The summed E-state index contributed by atoms with van der Waals surface area (Å²) in [5.74, 6) is -2.18. The van der Waals surface area contributed by atoms with Crippen LogP contribution in [0.2, 0.25) is 0 Å². The molecule has 6 nitrogen and oxygen atoms in total. The summed E-state index contributed by atoms with van der Waals surface area (Å²) in [7, 11) is 0. The van der Waals surface area contributed by atoms with Crippen LogP contribution in [0.1, 0.15) is 53.4 Å². The van der Waals surface area contributed by atoms with Crippen molar-refractivity contribution < 1.29 is 28.6 Å². The molecular weight excluding hydrogens is 336 g/mol. The van der Waals surface area contributed by atoms with Gasteiger partial charge in [-0.15, -0.1) is 0 Å². The van der Waals surface area contributed by atoms with Gasteiger partial charge in [-0.3, -0.25) is 9.59 Å². The fourth-order valence-electron chi connectivity index (χ4n) is 3.01. The van der Waals surface area contributed by atoms with E-state index in [4.69, 9.17) is 14.2 Å². The molecule has 142 valence electrons. The van der Waals surface area contributed by atoms with Crippen LogP contribution in [0, 0.1) is 5.92 Å². The van der Waals surface area contributed by atoms with Crippen LogP contribution in [-0.2, 0) is 28.6 Å². The highest BCUT2D eigenvalue weighted by Crippen LogP contribution is 2.32. The summed E-state index contributed by atoms with van der Waals surface area (Å²) in [5.41, 5.74) is 0.363. The second kappa shape index (κ2) is 7.48. The van der Waals surface area contributed by atoms with Gasteiger partial charge in [0.05, 0.1) is 12.5 Å². The van der Waals surface area contributed by atoms with Crippen molar-refractivity contribution in [3.05, 3.63) is 36.1 Å². The highest BCUT2D eigenvalue weighted by atomic mass is 16.7. The predicted octanol–water partition coefficient (Wildman–Crippen LogP) is 3.37. The number of allylic oxidation sites excluding steroid dienone is 3. The van der Waals surface area contributed by atoms with E-state index < -0.39 is 23.3 Å². The average molecular weight is 362 g/mol. The normalized spacial score (nSPS) is 27.0. The Labute approximate surface area is 153 Å². The summed E-state index contributed by atoms with van der Waals surface area (Å²) in [6.07, 6.45) is 5.98. The molecule has 0 unspecified atom stereocenters. The maximum absolute atomic E-state index is 12.1. The van der Waals surface area contributed by atoms with Gasteiger partial charge in [-0.2, -0.15) is 0 Å². The largest absolute Gasteiger partial charge is 0.456 e. The number of hydrogen-bond donors (Lipinski definition) is 0. The van der Waals surface area contributed by atoms with Gasteiger partial charge in [-0.05, 0) is 38.7 Å². The Kier molecular flexibility index (Phi) is 5.74. The van der Waals surface area contributed by atoms with Crippen molar-refractivity contribution in [2.24, 2.45) is 5.92 Å². The van der Waals surface area contributed by atoms with E-state index in [1.165, 1.54) is 0 Å². The van der Waals surface area contributed by atoms with E-state index >= 15 is 0 Å². The summed E-state index contributed by atoms with van der Waals surface area (Å²) >= 11 is 0. The third-order valence-corrected chi connectivity index (χ3v) is 4.33. The number of rotatable bonds is 6. The van der Waals surface area contributed by atoms with Crippen molar-refractivity contribution in [2.45, 2.75) is 64.8 Å². The molecule has 2 atom stereocenters. The Bertz CT molecular complexity index is 684. The second-order valence-electron chi connectivity index (χ2n) is 7.56. The Morgan fingerprint density at radius 3 is 2.54 bits per heavy atom. The third-order valence-electron chi connectivity index (χ3n) is 4.33. The van der Waals surface area contributed by atoms with Crippen molar-refractivity contribution in [1.82, 2.24) is 0 Å². The number of carbonyl (C=O) groups excluding carboxylic acids is 3. The van der Waals surface area contributed by atoms with E-state index in [1.807, 2.05) is 26.0 Å². The molecule has 0 spiro atoms. The van der Waals surface area contributed by atoms with Gasteiger partial charge in [0.25, 0.3) is 0 Å². The topological polar surface area (TPSA) is 78.9 Å². The molecular formula is C20H26O6. The smallest absolute Gasteiger partial charge is 0.337 e. The maximum Gasteiger partial charge on any atom is 0.337 e. The van der Waals surface area contributed by atoms with Crippen LogP contribution >= 0.6 is 0 Å². The van der Waals surface area contributed by atoms with Crippen molar-refractivity contribution in [3.8, 4) is 0 Å². The first kappa shape index (κ1) is 19.9. The quantitative estimate of drug-likeness (QED) is 0.409. The summed E-state index contributed by atoms with van der Waals surface area (Å²) in [5, 5.41) is 0. The first-order chi connectivity index (χ1) is 12.0. The minimum Gasteiger partial charge on any atom is -0.456 e. The lowest BCUT2D eigenvalue weighted by molar-refractivity contribution is -0.205. The number of cyclic esters (lactones) is 1. The van der Waals surface area contributed by atoms with Crippen LogP contribution in [0.5, 0.6) is 0 Å². The molecule has 1 aliphatic carbocycles. The second-order valence-corrected chi connectivity index (χ2v) is 7.56. The molecule has 0 aromatic heterocycles. The minimum atomic E-state index is -1.12. The Morgan fingerprint density at radius 1 is 1.31 bits per heavy atom. The van der Waals surface area contributed by atoms with Gasteiger partial charge in [-0.25, -0.2) is 4.79 Å². The van der Waals surface area contributed by atoms with E-state index in [0.717, 1.165) is 18.1 Å². The number of ketones is 1. The SMILES string of the molecule is C=C(C)[C@H]1C=C[C@](C)(OC(=O)CC(=O)CC2=CC(=O)OC(C)(C)O2)CC1. The van der Waals surface area contributed by atoms with Gasteiger partial charge in [0.15, 0.2) is 5.78 Å². The highest BCUT2D eigenvalue weighted by Gasteiger charge is 2.33. The summed E-state index contributed by atoms with van der Waals surface area (Å²) in [4.78, 5) is 35.7. The Hall–Kier alpha value is -2.37. The molecule has 0 aromatic rings. The fourth-order valence-corrected chi connectivity index (χ4v) is 3.01. The molecule has 0 saturated carbocycles. The predicted molar refractivity (Wildman–Crippen MR) is 94.8 cm³/mol. The van der Waals surface area contributed by atoms with E-state index in [2.05, 4.69) is 6.58 Å². The lowest BCUT2D eigenvalue weighted by Gasteiger charge is -2.32. The Balaban J connectivity index is 1.88. The van der Waals surface area contributed by atoms with Crippen LogP contribution in [0.25, 0.3) is 0 Å². The monoisotopic (exact) mass is 362 g/mol. The zero-order valence-corrected chi connectivity index (χ0v) is 15.8. The average Bonchev–Trinajstić information content (AvgIpc) is 2.44. The van der Waals surface area contributed by atoms with Gasteiger partial charge in [0.1, 0.15) is 17.8 Å². The fraction of sp³-hybridized carbons (Fsp3) is 0.550. The number of ether oxygens (including phenoxy) is 3. The van der Waals surface area contributed by atoms with Gasteiger partial charge in [0.2, 0.25) is 5.79 Å². The molecule has 1 heterocycles. The first-order valence-electron chi connectivity index (χ1n) is 8.69. The standard InChI is InChI=1S/C20H26O6/c1-13(2)14-6-8-20(5,9-7-14)26-17(22)11-15(21)10-16-12-18(23)25-19(3,4)24-16/h6,8,12,14H,1,7,9-11H2,2-5H3/t14-,20-/m0/s1. The molecule has 1 aliphatic heterocycles. The van der Waals surface area contributed by atoms with Crippen LogP contribution in [-0.4, -0.2) is 29.1 Å². The molecule has 2 rings (SSSR count). The maximum atomic E-state index is 12.1. The third kappa shape index (κ3) is 5.58. The molecule has 0 radical (unpaired) electrons. The molecule has 6 heteroatoms. The van der Waals surface area contributed by atoms with Crippen molar-refractivity contribution in [2.75, 3.05) is 0 Å². The molecule has 0 saturated heterocycles. The number of hydrogen-bond acceptors (Lipinski definition) is 6. The minimum absolute atomic E-state index is 0.155. The lowest BCUT2D eigenvalue weighted by atomic mass is 9.83. The van der Waals surface area contributed by atoms with Gasteiger partial charge in [-0.1, -0.05) is 18.2 Å². The van der Waals surface area contributed by atoms with E-state index in [0.29, 0.717) is 12.3 Å². The molecule has 0 N–H and O–H groups in total. The first-order valence-corrected chi connectivity index (χ1v) is 8.69. The van der Waals surface area contributed by atoms with Crippen molar-refractivity contribution in [1.29, 1.82) is 0 Å². The number of Topliss-reactive ketones (excluding diaryl/α,β-unsaturated/α-hetero) is 1. The van der Waals surface area contributed by atoms with Crippen molar-refractivity contribution >= 4 is 17.7 Å². The summed E-state index contributed by atoms with van der Waals surface area (Å²) in [6, 6.07) is 0. The zero-order chi connectivity index (χ0) is 19.5. The van der Waals surface area contributed by atoms with Crippen LogP contribution < -0.4 is 0 Å². The highest BCUT2D eigenvalue weighted by molar-refractivity contribution is 5.97. The zero-order valence-electron chi connectivity index (χ0n) is 15.8. The van der Waals surface area contributed by atoms with E-state index in [1.54, 1.807) is 13.8 Å². The van der Waals surface area contributed by atoms with Gasteiger partial charge >= 0.3 is 11.9 Å². The molecule has 26 heavy (non-hydrogen) atoms. The van der Waals surface area contributed by atoms with Crippen LogP contribution in [0.4, 0.5) is 0 Å². The molecule has 0 bridgehead atoms.